The Labute approximate surface area is 160 Å². The van der Waals surface area contributed by atoms with E-state index in [-0.39, 0.29) is 0 Å². The second kappa shape index (κ2) is 7.93. The lowest BCUT2D eigenvalue weighted by Gasteiger charge is -2.04. The molecule has 0 aliphatic carbocycles. The maximum absolute atomic E-state index is 4.36. The highest BCUT2D eigenvalue weighted by atomic mass is 79.9. The molecule has 0 N–H and O–H groups in total. The fraction of sp³-hybridized carbons (Fsp3) is 0.200. The summed E-state index contributed by atoms with van der Waals surface area (Å²) in [5, 5.41) is 10.7. The minimum Gasteiger partial charge on any atom is -0.318 e. The molecule has 3 rings (SSSR count). The molecule has 0 radical (unpaired) electrons. The zero-order valence-corrected chi connectivity index (χ0v) is 16.9. The van der Waals surface area contributed by atoms with Crippen molar-refractivity contribution in [1.82, 2.24) is 4.57 Å². The highest BCUT2D eigenvalue weighted by Gasteiger charge is 2.04. The first-order valence-corrected chi connectivity index (χ1v) is 9.79. The molecule has 0 atom stereocenters. The maximum atomic E-state index is 4.36. The van der Waals surface area contributed by atoms with Gasteiger partial charge in [0, 0.05) is 16.9 Å². The van der Waals surface area contributed by atoms with Crippen molar-refractivity contribution in [2.75, 3.05) is 0 Å². The molecule has 0 unspecified atom stereocenters. The largest absolute Gasteiger partial charge is 0.318 e. The van der Waals surface area contributed by atoms with Crippen LogP contribution in [-0.4, -0.2) is 10.8 Å². The summed E-state index contributed by atoms with van der Waals surface area (Å²) in [6.07, 6.45) is 1.79. The normalized spacial score (nSPS) is 12.4. The van der Waals surface area contributed by atoms with Crippen LogP contribution >= 0.6 is 27.3 Å². The molecule has 1 heterocycles. The van der Waals surface area contributed by atoms with Crippen molar-refractivity contribution in [3.8, 4) is 11.3 Å². The quantitative estimate of drug-likeness (QED) is 0.395. The van der Waals surface area contributed by atoms with Gasteiger partial charge in [0.2, 0.25) is 4.80 Å². The number of nitrogens with zero attached hydrogens (tertiary/aromatic N) is 3. The lowest BCUT2D eigenvalue weighted by Crippen LogP contribution is -2.10. The van der Waals surface area contributed by atoms with Gasteiger partial charge < -0.3 is 4.57 Å². The Hall–Kier alpha value is -1.98. The van der Waals surface area contributed by atoms with Gasteiger partial charge in [-0.2, -0.15) is 5.10 Å². The predicted molar refractivity (Wildman–Crippen MR) is 110 cm³/mol. The van der Waals surface area contributed by atoms with E-state index in [2.05, 4.69) is 86.3 Å². The van der Waals surface area contributed by atoms with Gasteiger partial charge in [0.05, 0.1) is 11.9 Å². The molecule has 25 heavy (non-hydrogen) atoms. The van der Waals surface area contributed by atoms with Crippen molar-refractivity contribution < 1.29 is 0 Å². The smallest absolute Gasteiger partial charge is 0.210 e. The summed E-state index contributed by atoms with van der Waals surface area (Å²) >= 11 is 5.06. The Bertz CT molecular complexity index is 932. The third kappa shape index (κ3) is 4.35. The Morgan fingerprint density at radius 3 is 2.36 bits per heavy atom. The van der Waals surface area contributed by atoms with E-state index >= 15 is 0 Å². The van der Waals surface area contributed by atoms with E-state index < -0.39 is 0 Å². The number of aromatic nitrogens is 1. The summed E-state index contributed by atoms with van der Waals surface area (Å²) in [7, 11) is 2.01. The van der Waals surface area contributed by atoms with Crippen LogP contribution in [0.4, 0.5) is 0 Å². The van der Waals surface area contributed by atoms with Gasteiger partial charge in [0.1, 0.15) is 0 Å². The van der Waals surface area contributed by atoms with E-state index in [1.165, 1.54) is 5.56 Å². The van der Waals surface area contributed by atoms with Gasteiger partial charge in [-0.25, -0.2) is 0 Å². The van der Waals surface area contributed by atoms with Gasteiger partial charge >= 0.3 is 0 Å². The van der Waals surface area contributed by atoms with Crippen molar-refractivity contribution in [3.05, 3.63) is 74.3 Å². The molecule has 0 spiro atoms. The Balaban J connectivity index is 1.81. The number of benzene rings is 2. The van der Waals surface area contributed by atoms with Crippen molar-refractivity contribution in [2.24, 2.45) is 17.3 Å². The summed E-state index contributed by atoms with van der Waals surface area (Å²) in [6, 6.07) is 16.7. The molecule has 5 heteroatoms. The first kappa shape index (κ1) is 17.8. The molecule has 0 bridgehead atoms. The predicted octanol–water partition coefficient (Wildman–Crippen LogP) is 5.57. The van der Waals surface area contributed by atoms with Crippen molar-refractivity contribution in [2.45, 2.75) is 19.8 Å². The first-order valence-electron chi connectivity index (χ1n) is 8.12. The monoisotopic (exact) mass is 413 g/mol. The summed E-state index contributed by atoms with van der Waals surface area (Å²) in [5.74, 6) is 0.540. The zero-order chi connectivity index (χ0) is 17.8. The van der Waals surface area contributed by atoms with Crippen molar-refractivity contribution in [1.29, 1.82) is 0 Å². The second-order valence-electron chi connectivity index (χ2n) is 6.14. The summed E-state index contributed by atoms with van der Waals surface area (Å²) in [4.78, 5) is 0.868. The van der Waals surface area contributed by atoms with Gasteiger partial charge in [-0.1, -0.05) is 66.2 Å². The van der Waals surface area contributed by atoms with E-state index in [9.17, 15) is 0 Å². The number of thiazole rings is 1. The molecule has 1 aromatic heterocycles. The highest BCUT2D eigenvalue weighted by molar-refractivity contribution is 9.10. The van der Waals surface area contributed by atoms with Crippen LogP contribution in [0.1, 0.15) is 30.9 Å². The minimum absolute atomic E-state index is 0.540. The van der Waals surface area contributed by atoms with Gasteiger partial charge in [0.25, 0.3) is 0 Å². The Morgan fingerprint density at radius 1 is 1.04 bits per heavy atom. The molecular weight excluding hydrogens is 394 g/mol. The van der Waals surface area contributed by atoms with Gasteiger partial charge in [0.15, 0.2) is 0 Å². The van der Waals surface area contributed by atoms with E-state index in [0.717, 1.165) is 26.1 Å². The van der Waals surface area contributed by atoms with E-state index in [4.69, 9.17) is 0 Å². The molecule has 0 amide bonds. The molecule has 0 saturated heterocycles. The average molecular weight is 414 g/mol. The molecule has 128 valence electrons. The first-order chi connectivity index (χ1) is 12.0. The molecule has 0 saturated carbocycles. The molecule has 3 nitrogen and oxygen atoms in total. The van der Waals surface area contributed by atoms with Gasteiger partial charge in [-0.15, -0.1) is 16.4 Å². The van der Waals surface area contributed by atoms with Crippen LogP contribution in [0, 0.1) is 0 Å². The second-order valence-corrected chi connectivity index (χ2v) is 7.89. The third-order valence-corrected chi connectivity index (χ3v) is 5.45. The van der Waals surface area contributed by atoms with Gasteiger partial charge in [-0.3, -0.25) is 0 Å². The van der Waals surface area contributed by atoms with Crippen molar-refractivity contribution in [3.63, 3.8) is 0 Å². The average Bonchev–Trinajstić information content (AvgIpc) is 2.97. The SMILES string of the molecule is CC(C)c1ccc(C=NN=c2scc(-c3ccc(Br)cc3)n2C)cc1. The highest BCUT2D eigenvalue weighted by Crippen LogP contribution is 2.21. The standard InChI is InChI=1S/C20H20BrN3S/c1-14(2)16-6-4-15(5-7-16)12-22-23-20-24(3)19(13-25-20)17-8-10-18(21)11-9-17/h4-14H,1-3H3. The number of rotatable bonds is 4. The number of hydrogen-bond acceptors (Lipinski definition) is 3. The number of hydrogen-bond donors (Lipinski definition) is 0. The summed E-state index contributed by atoms with van der Waals surface area (Å²) < 4.78 is 3.14. The van der Waals surface area contributed by atoms with E-state index in [0.29, 0.717) is 5.92 Å². The van der Waals surface area contributed by atoms with Crippen molar-refractivity contribution >= 4 is 33.5 Å². The van der Waals surface area contributed by atoms with Crippen LogP contribution in [0.5, 0.6) is 0 Å². The van der Waals surface area contributed by atoms with E-state index in [1.807, 2.05) is 19.2 Å². The summed E-state index contributed by atoms with van der Waals surface area (Å²) in [5.41, 5.74) is 4.68. The van der Waals surface area contributed by atoms with Crippen LogP contribution in [0.15, 0.2) is 68.6 Å². The molecule has 2 aromatic carbocycles. The van der Waals surface area contributed by atoms with Gasteiger partial charge in [-0.05, 0) is 34.7 Å². The van der Waals surface area contributed by atoms with Crippen LogP contribution in [-0.2, 0) is 7.05 Å². The molecular formula is C20H20BrN3S. The molecule has 0 aliphatic heterocycles. The van der Waals surface area contributed by atoms with Crippen LogP contribution < -0.4 is 4.80 Å². The lowest BCUT2D eigenvalue weighted by atomic mass is 10.0. The third-order valence-electron chi connectivity index (χ3n) is 4.02. The Kier molecular flexibility index (Phi) is 5.66. The lowest BCUT2D eigenvalue weighted by molar-refractivity contribution is 0.863. The molecule has 0 fully saturated rings. The fourth-order valence-corrected chi connectivity index (χ4v) is 3.58. The topological polar surface area (TPSA) is 29.6 Å². The fourth-order valence-electron chi connectivity index (χ4n) is 2.45. The molecule has 3 aromatic rings. The van der Waals surface area contributed by atoms with E-state index in [1.54, 1.807) is 17.6 Å². The maximum Gasteiger partial charge on any atom is 0.210 e. The molecule has 0 aliphatic rings. The number of halogens is 1. The van der Waals surface area contributed by atoms with Crippen LogP contribution in [0.2, 0.25) is 0 Å². The van der Waals surface area contributed by atoms with Crippen LogP contribution in [0.25, 0.3) is 11.3 Å². The van der Waals surface area contributed by atoms with Crippen LogP contribution in [0.3, 0.4) is 0 Å². The zero-order valence-electron chi connectivity index (χ0n) is 14.5. The Morgan fingerprint density at radius 2 is 1.72 bits per heavy atom. The minimum atomic E-state index is 0.540. The summed E-state index contributed by atoms with van der Waals surface area (Å²) in [6.45, 7) is 4.39.